The first kappa shape index (κ1) is 9.74. The number of rotatable bonds is 2. The normalized spacial score (nSPS) is 10.7. The monoisotopic (exact) mass is 271 g/mol. The van der Waals surface area contributed by atoms with Crippen molar-refractivity contribution in [3.8, 4) is 0 Å². The SMILES string of the molecule is O=CCn1ccc2c(Cl)c(Br)ccc21. The van der Waals surface area contributed by atoms with Gasteiger partial charge >= 0.3 is 0 Å². The van der Waals surface area contributed by atoms with Gasteiger partial charge in [0.05, 0.1) is 11.6 Å². The minimum absolute atomic E-state index is 0.363. The summed E-state index contributed by atoms with van der Waals surface area (Å²) in [4.78, 5) is 10.4. The zero-order valence-corrected chi connectivity index (χ0v) is 9.55. The number of aromatic nitrogens is 1. The maximum absolute atomic E-state index is 10.4. The highest BCUT2D eigenvalue weighted by molar-refractivity contribution is 9.10. The van der Waals surface area contributed by atoms with Crippen LogP contribution in [0.2, 0.25) is 5.02 Å². The number of fused-ring (bicyclic) bond motifs is 1. The van der Waals surface area contributed by atoms with Crippen LogP contribution in [-0.4, -0.2) is 10.9 Å². The lowest BCUT2D eigenvalue weighted by molar-refractivity contribution is -0.108. The van der Waals surface area contributed by atoms with Gasteiger partial charge in [-0.3, -0.25) is 0 Å². The minimum atomic E-state index is 0.363. The van der Waals surface area contributed by atoms with Crippen molar-refractivity contribution in [3.63, 3.8) is 0 Å². The lowest BCUT2D eigenvalue weighted by Gasteiger charge is -2.01. The van der Waals surface area contributed by atoms with E-state index in [4.69, 9.17) is 11.6 Å². The Kier molecular flexibility index (Phi) is 2.61. The molecule has 0 saturated carbocycles. The fourth-order valence-electron chi connectivity index (χ4n) is 1.45. The summed E-state index contributed by atoms with van der Waals surface area (Å²) in [6.45, 7) is 0.363. The number of halogens is 2. The van der Waals surface area contributed by atoms with Gasteiger partial charge < -0.3 is 9.36 Å². The van der Waals surface area contributed by atoms with Gasteiger partial charge in [0, 0.05) is 21.6 Å². The molecule has 2 rings (SSSR count). The third-order valence-electron chi connectivity index (χ3n) is 2.11. The fourth-order valence-corrected chi connectivity index (χ4v) is 2.02. The third-order valence-corrected chi connectivity index (χ3v) is 3.41. The van der Waals surface area contributed by atoms with Crippen LogP contribution in [0.25, 0.3) is 10.9 Å². The highest BCUT2D eigenvalue weighted by Crippen LogP contribution is 2.31. The largest absolute Gasteiger partial charge is 0.340 e. The summed E-state index contributed by atoms with van der Waals surface area (Å²) < 4.78 is 2.73. The zero-order chi connectivity index (χ0) is 10.1. The molecule has 0 bridgehead atoms. The van der Waals surface area contributed by atoms with Gasteiger partial charge in [-0.15, -0.1) is 0 Å². The van der Waals surface area contributed by atoms with Gasteiger partial charge in [-0.05, 0) is 34.1 Å². The third kappa shape index (κ3) is 1.47. The summed E-state index contributed by atoms with van der Waals surface area (Å²) in [7, 11) is 0. The maximum atomic E-state index is 10.4. The Morgan fingerprint density at radius 1 is 1.43 bits per heavy atom. The number of carbonyl (C=O) groups excluding carboxylic acids is 1. The molecule has 0 unspecified atom stereocenters. The van der Waals surface area contributed by atoms with Crippen molar-refractivity contribution in [3.05, 3.63) is 33.9 Å². The molecular formula is C10H7BrClNO. The van der Waals surface area contributed by atoms with Crippen LogP contribution in [0.4, 0.5) is 0 Å². The molecule has 1 heterocycles. The predicted molar refractivity (Wildman–Crippen MR) is 60.7 cm³/mol. The molecule has 4 heteroatoms. The molecule has 0 N–H and O–H groups in total. The van der Waals surface area contributed by atoms with Crippen LogP contribution in [0.5, 0.6) is 0 Å². The standard InChI is InChI=1S/C10H7BrClNO/c11-8-1-2-9-7(10(8)12)3-4-13(9)5-6-14/h1-4,6H,5H2. The first-order valence-electron chi connectivity index (χ1n) is 4.10. The Morgan fingerprint density at radius 2 is 2.21 bits per heavy atom. The molecule has 0 spiro atoms. The lowest BCUT2D eigenvalue weighted by atomic mass is 10.2. The van der Waals surface area contributed by atoms with Crippen LogP contribution in [0.1, 0.15) is 0 Å². The second kappa shape index (κ2) is 3.75. The van der Waals surface area contributed by atoms with Crippen molar-refractivity contribution in [2.24, 2.45) is 0 Å². The van der Waals surface area contributed by atoms with Crippen molar-refractivity contribution >= 4 is 44.7 Å². The molecule has 72 valence electrons. The van der Waals surface area contributed by atoms with Crippen LogP contribution in [0, 0.1) is 0 Å². The summed E-state index contributed by atoms with van der Waals surface area (Å²) in [6.07, 6.45) is 2.73. The Labute approximate surface area is 94.6 Å². The molecule has 0 aliphatic heterocycles. The van der Waals surface area contributed by atoms with Gasteiger partial charge in [0.25, 0.3) is 0 Å². The second-order valence-electron chi connectivity index (χ2n) is 2.93. The number of carbonyl (C=O) groups is 1. The minimum Gasteiger partial charge on any atom is -0.340 e. The average Bonchev–Trinajstić information content (AvgIpc) is 2.57. The predicted octanol–water partition coefficient (Wildman–Crippen LogP) is 3.26. The summed E-state index contributed by atoms with van der Waals surface area (Å²) in [5.41, 5.74) is 0.977. The number of hydrogen-bond acceptors (Lipinski definition) is 1. The summed E-state index contributed by atoms with van der Waals surface area (Å²) >= 11 is 9.44. The van der Waals surface area contributed by atoms with Crippen LogP contribution >= 0.6 is 27.5 Å². The molecule has 0 atom stereocenters. The van der Waals surface area contributed by atoms with Crippen molar-refractivity contribution in [2.45, 2.75) is 6.54 Å². The van der Waals surface area contributed by atoms with E-state index in [0.717, 1.165) is 21.7 Å². The van der Waals surface area contributed by atoms with E-state index in [-0.39, 0.29) is 0 Å². The van der Waals surface area contributed by atoms with E-state index in [1.807, 2.05) is 29.0 Å². The summed E-state index contributed by atoms with van der Waals surface area (Å²) in [6, 6.07) is 5.73. The molecule has 1 aromatic heterocycles. The van der Waals surface area contributed by atoms with Gasteiger partial charge in [0.1, 0.15) is 6.29 Å². The molecule has 1 aromatic carbocycles. The molecule has 14 heavy (non-hydrogen) atoms. The lowest BCUT2D eigenvalue weighted by Crippen LogP contribution is -1.95. The number of benzene rings is 1. The molecule has 0 saturated heterocycles. The quantitative estimate of drug-likeness (QED) is 0.769. The molecule has 0 aliphatic rings. The molecule has 0 amide bonds. The zero-order valence-electron chi connectivity index (χ0n) is 7.21. The van der Waals surface area contributed by atoms with Crippen molar-refractivity contribution < 1.29 is 4.79 Å². The van der Waals surface area contributed by atoms with Crippen LogP contribution < -0.4 is 0 Å². The fraction of sp³-hybridized carbons (Fsp3) is 0.100. The van der Waals surface area contributed by atoms with E-state index >= 15 is 0 Å². The number of hydrogen-bond donors (Lipinski definition) is 0. The molecule has 2 nitrogen and oxygen atoms in total. The molecule has 0 fully saturated rings. The van der Waals surface area contributed by atoms with Crippen LogP contribution in [0.15, 0.2) is 28.9 Å². The average molecular weight is 273 g/mol. The van der Waals surface area contributed by atoms with Gasteiger partial charge in [0.15, 0.2) is 0 Å². The van der Waals surface area contributed by atoms with E-state index < -0.39 is 0 Å². The Morgan fingerprint density at radius 3 is 2.93 bits per heavy atom. The molecule has 2 aromatic rings. The number of aldehydes is 1. The Balaban J connectivity index is 2.70. The Bertz CT molecular complexity index is 492. The highest BCUT2D eigenvalue weighted by Gasteiger charge is 2.06. The highest BCUT2D eigenvalue weighted by atomic mass is 79.9. The van der Waals surface area contributed by atoms with E-state index in [0.29, 0.717) is 11.6 Å². The maximum Gasteiger partial charge on any atom is 0.139 e. The molecule has 0 aliphatic carbocycles. The smallest absolute Gasteiger partial charge is 0.139 e. The second-order valence-corrected chi connectivity index (χ2v) is 4.16. The first-order valence-corrected chi connectivity index (χ1v) is 5.27. The Hall–Kier alpha value is -0.800. The summed E-state index contributed by atoms with van der Waals surface area (Å²) in [5, 5.41) is 1.65. The van der Waals surface area contributed by atoms with Crippen LogP contribution in [0.3, 0.4) is 0 Å². The number of nitrogens with zero attached hydrogens (tertiary/aromatic N) is 1. The first-order chi connectivity index (χ1) is 6.74. The van der Waals surface area contributed by atoms with Gasteiger partial charge in [-0.2, -0.15) is 0 Å². The van der Waals surface area contributed by atoms with Crippen molar-refractivity contribution in [1.29, 1.82) is 0 Å². The van der Waals surface area contributed by atoms with Crippen molar-refractivity contribution in [2.75, 3.05) is 0 Å². The van der Waals surface area contributed by atoms with Gasteiger partial charge in [-0.25, -0.2) is 0 Å². The van der Waals surface area contributed by atoms with Crippen molar-refractivity contribution in [1.82, 2.24) is 4.57 Å². The van der Waals surface area contributed by atoms with E-state index in [1.165, 1.54) is 0 Å². The topological polar surface area (TPSA) is 22.0 Å². The molecular weight excluding hydrogens is 265 g/mol. The van der Waals surface area contributed by atoms with Gasteiger partial charge in [0.2, 0.25) is 0 Å². The van der Waals surface area contributed by atoms with E-state index in [1.54, 1.807) is 0 Å². The van der Waals surface area contributed by atoms with E-state index in [2.05, 4.69) is 15.9 Å². The van der Waals surface area contributed by atoms with Gasteiger partial charge in [-0.1, -0.05) is 11.6 Å². The van der Waals surface area contributed by atoms with Crippen LogP contribution in [-0.2, 0) is 11.3 Å². The molecule has 0 radical (unpaired) electrons. The van der Waals surface area contributed by atoms with E-state index in [9.17, 15) is 4.79 Å². The summed E-state index contributed by atoms with van der Waals surface area (Å²) in [5.74, 6) is 0.